The lowest BCUT2D eigenvalue weighted by atomic mass is 9.66. The minimum atomic E-state index is -0.873. The SMILES string of the molecule is CNC[C@H]1[C@@H]2CC[C@@H](C2)C[C@]1(O)c1cccc(OC(=O)c2ccccc2)c1. The molecule has 2 aromatic carbocycles. The minimum absolute atomic E-state index is 0.182. The van der Waals surface area contributed by atoms with E-state index in [0.29, 0.717) is 23.1 Å². The molecule has 2 aromatic rings. The van der Waals surface area contributed by atoms with Crippen LogP contribution in [0.5, 0.6) is 5.75 Å². The van der Waals surface area contributed by atoms with Gasteiger partial charge in [0, 0.05) is 12.5 Å². The van der Waals surface area contributed by atoms with E-state index in [1.54, 1.807) is 18.2 Å². The number of rotatable bonds is 5. The lowest BCUT2D eigenvalue weighted by molar-refractivity contribution is -0.0806. The number of aliphatic hydroxyl groups is 1. The minimum Gasteiger partial charge on any atom is -0.423 e. The van der Waals surface area contributed by atoms with E-state index in [2.05, 4.69) is 5.32 Å². The van der Waals surface area contributed by atoms with Gasteiger partial charge in [-0.3, -0.25) is 0 Å². The van der Waals surface area contributed by atoms with Crippen molar-refractivity contribution in [1.29, 1.82) is 0 Å². The van der Waals surface area contributed by atoms with Crippen molar-refractivity contribution in [2.24, 2.45) is 17.8 Å². The third kappa shape index (κ3) is 3.52. The normalized spacial score (nSPS) is 29.5. The molecule has 4 heteroatoms. The van der Waals surface area contributed by atoms with Crippen LogP contribution in [0.15, 0.2) is 54.6 Å². The molecule has 4 rings (SSSR count). The molecule has 2 bridgehead atoms. The van der Waals surface area contributed by atoms with Gasteiger partial charge >= 0.3 is 5.97 Å². The number of nitrogens with one attached hydrogen (secondary N) is 1. The number of esters is 1. The van der Waals surface area contributed by atoms with Gasteiger partial charge in [-0.15, -0.1) is 0 Å². The topological polar surface area (TPSA) is 58.6 Å². The first-order valence-electron chi connectivity index (χ1n) is 9.85. The molecular formula is C23H27NO3. The third-order valence-electron chi connectivity index (χ3n) is 6.34. The van der Waals surface area contributed by atoms with Crippen LogP contribution in [-0.4, -0.2) is 24.7 Å². The van der Waals surface area contributed by atoms with Crippen molar-refractivity contribution in [3.8, 4) is 5.75 Å². The molecule has 0 aromatic heterocycles. The highest BCUT2D eigenvalue weighted by Gasteiger charge is 2.51. The van der Waals surface area contributed by atoms with Crippen molar-refractivity contribution in [3.63, 3.8) is 0 Å². The molecule has 0 spiro atoms. The Morgan fingerprint density at radius 1 is 1.19 bits per heavy atom. The first-order chi connectivity index (χ1) is 13.1. The van der Waals surface area contributed by atoms with Gasteiger partial charge < -0.3 is 15.2 Å². The van der Waals surface area contributed by atoms with E-state index in [4.69, 9.17) is 4.74 Å². The zero-order chi connectivity index (χ0) is 18.9. The Labute approximate surface area is 160 Å². The Bertz CT molecular complexity index is 806. The second-order valence-corrected chi connectivity index (χ2v) is 8.02. The summed E-state index contributed by atoms with van der Waals surface area (Å²) in [5.74, 6) is 1.42. The standard InChI is InChI=1S/C23H27NO3/c1-24-15-21-18-11-10-16(12-18)14-23(21,26)19-8-5-9-20(13-19)27-22(25)17-6-3-2-4-7-17/h2-9,13,16,18,21,24,26H,10-12,14-15H2,1H3/t16-,18+,21-,23-/m0/s1. The molecule has 0 amide bonds. The monoisotopic (exact) mass is 365 g/mol. The lowest BCUT2D eigenvalue weighted by Crippen LogP contribution is -2.47. The van der Waals surface area contributed by atoms with E-state index < -0.39 is 5.60 Å². The van der Waals surface area contributed by atoms with E-state index in [1.165, 1.54) is 19.3 Å². The van der Waals surface area contributed by atoms with Gasteiger partial charge in [0.25, 0.3) is 0 Å². The molecule has 0 unspecified atom stereocenters. The third-order valence-corrected chi connectivity index (χ3v) is 6.34. The first kappa shape index (κ1) is 18.2. The van der Waals surface area contributed by atoms with Crippen LogP contribution in [-0.2, 0) is 5.60 Å². The summed E-state index contributed by atoms with van der Waals surface area (Å²) in [6.45, 7) is 0.794. The van der Waals surface area contributed by atoms with Gasteiger partial charge in [0.15, 0.2) is 0 Å². The molecule has 2 aliphatic carbocycles. The number of carbonyl (C=O) groups excluding carboxylic acids is 1. The predicted molar refractivity (Wildman–Crippen MR) is 105 cm³/mol. The van der Waals surface area contributed by atoms with Gasteiger partial charge in [-0.2, -0.15) is 0 Å². The number of hydrogen-bond acceptors (Lipinski definition) is 4. The molecule has 4 nitrogen and oxygen atoms in total. The van der Waals surface area contributed by atoms with Gasteiger partial charge in [0.05, 0.1) is 11.2 Å². The number of benzene rings is 2. The van der Waals surface area contributed by atoms with E-state index >= 15 is 0 Å². The van der Waals surface area contributed by atoms with E-state index in [-0.39, 0.29) is 11.9 Å². The van der Waals surface area contributed by atoms with Crippen molar-refractivity contribution in [2.45, 2.75) is 31.3 Å². The number of carbonyl (C=O) groups is 1. The zero-order valence-electron chi connectivity index (χ0n) is 15.7. The second-order valence-electron chi connectivity index (χ2n) is 8.02. The average molecular weight is 365 g/mol. The average Bonchev–Trinajstić information content (AvgIpc) is 3.09. The molecule has 0 heterocycles. The molecule has 0 radical (unpaired) electrons. The molecule has 27 heavy (non-hydrogen) atoms. The molecule has 0 saturated heterocycles. The van der Waals surface area contributed by atoms with Gasteiger partial charge in [0.1, 0.15) is 5.75 Å². The summed E-state index contributed by atoms with van der Waals surface area (Å²) in [6, 6.07) is 16.4. The molecule has 2 saturated carbocycles. The van der Waals surface area contributed by atoms with Crippen LogP contribution >= 0.6 is 0 Å². The Morgan fingerprint density at radius 2 is 2.00 bits per heavy atom. The van der Waals surface area contributed by atoms with Crippen LogP contribution < -0.4 is 10.1 Å². The molecule has 142 valence electrons. The number of fused-ring (bicyclic) bond motifs is 2. The van der Waals surface area contributed by atoms with Crippen LogP contribution in [0.2, 0.25) is 0 Å². The van der Waals surface area contributed by atoms with Crippen LogP contribution in [0.4, 0.5) is 0 Å². The van der Waals surface area contributed by atoms with Crippen molar-refractivity contribution >= 4 is 5.97 Å². The van der Waals surface area contributed by atoms with Crippen LogP contribution in [0, 0.1) is 17.8 Å². The van der Waals surface area contributed by atoms with Crippen molar-refractivity contribution in [3.05, 3.63) is 65.7 Å². The van der Waals surface area contributed by atoms with Crippen LogP contribution in [0.1, 0.15) is 41.6 Å². The van der Waals surface area contributed by atoms with Gasteiger partial charge in [0.2, 0.25) is 0 Å². The first-order valence-corrected chi connectivity index (χ1v) is 9.85. The Balaban J connectivity index is 1.60. The van der Waals surface area contributed by atoms with E-state index in [1.807, 2.05) is 43.4 Å². The second kappa shape index (κ2) is 7.45. The molecule has 2 fully saturated rings. The summed E-state index contributed by atoms with van der Waals surface area (Å²) in [6.07, 6.45) is 4.40. The fourth-order valence-corrected chi connectivity index (χ4v) is 5.10. The molecule has 2 aliphatic rings. The number of hydrogen-bond donors (Lipinski definition) is 2. The zero-order valence-corrected chi connectivity index (χ0v) is 15.7. The Hall–Kier alpha value is -2.17. The summed E-state index contributed by atoms with van der Waals surface area (Å²) in [7, 11) is 1.94. The fourth-order valence-electron chi connectivity index (χ4n) is 5.10. The van der Waals surface area contributed by atoms with Crippen LogP contribution in [0.25, 0.3) is 0 Å². The Morgan fingerprint density at radius 3 is 2.78 bits per heavy atom. The summed E-state index contributed by atoms with van der Waals surface area (Å²) in [5, 5.41) is 15.0. The smallest absolute Gasteiger partial charge is 0.343 e. The maximum Gasteiger partial charge on any atom is 0.343 e. The largest absolute Gasteiger partial charge is 0.423 e. The van der Waals surface area contributed by atoms with Crippen molar-refractivity contribution in [2.75, 3.05) is 13.6 Å². The molecule has 2 N–H and O–H groups in total. The van der Waals surface area contributed by atoms with E-state index in [9.17, 15) is 9.90 Å². The summed E-state index contributed by atoms with van der Waals surface area (Å²) in [5.41, 5.74) is 0.505. The molecular weight excluding hydrogens is 338 g/mol. The van der Waals surface area contributed by atoms with E-state index in [0.717, 1.165) is 18.5 Å². The summed E-state index contributed by atoms with van der Waals surface area (Å²) < 4.78 is 5.58. The molecule has 0 aliphatic heterocycles. The highest BCUT2D eigenvalue weighted by molar-refractivity contribution is 5.90. The van der Waals surface area contributed by atoms with Gasteiger partial charge in [-0.05, 0) is 68.0 Å². The van der Waals surface area contributed by atoms with Crippen molar-refractivity contribution in [1.82, 2.24) is 5.32 Å². The fraction of sp³-hybridized carbons (Fsp3) is 0.435. The Kier molecular flexibility index (Phi) is 5.02. The van der Waals surface area contributed by atoms with Gasteiger partial charge in [-0.1, -0.05) is 36.8 Å². The van der Waals surface area contributed by atoms with Crippen molar-refractivity contribution < 1.29 is 14.6 Å². The molecule has 4 atom stereocenters. The van der Waals surface area contributed by atoms with Gasteiger partial charge in [-0.25, -0.2) is 4.79 Å². The maximum atomic E-state index is 12.4. The van der Waals surface area contributed by atoms with Crippen LogP contribution in [0.3, 0.4) is 0 Å². The number of ether oxygens (including phenoxy) is 1. The highest BCUT2D eigenvalue weighted by Crippen LogP contribution is 2.54. The quantitative estimate of drug-likeness (QED) is 0.626. The lowest BCUT2D eigenvalue weighted by Gasteiger charge is -2.44. The predicted octanol–water partition coefficient (Wildman–Crippen LogP) is 3.75. The highest BCUT2D eigenvalue weighted by atomic mass is 16.5. The summed E-state index contributed by atoms with van der Waals surface area (Å²) >= 11 is 0. The maximum absolute atomic E-state index is 12.4. The summed E-state index contributed by atoms with van der Waals surface area (Å²) in [4.78, 5) is 12.4.